The lowest BCUT2D eigenvalue weighted by atomic mass is 9.93. The van der Waals surface area contributed by atoms with Gasteiger partial charge in [-0.2, -0.15) is 0 Å². The van der Waals surface area contributed by atoms with E-state index in [-0.39, 0.29) is 41.5 Å². The molecular weight excluding hydrogens is 522 g/mol. The van der Waals surface area contributed by atoms with Crippen molar-refractivity contribution in [2.24, 2.45) is 10.9 Å². The zero-order chi connectivity index (χ0) is 22.1. The molecule has 0 atom stereocenters. The number of likely N-dealkylation sites (tertiary alicyclic amines) is 1. The highest BCUT2D eigenvalue weighted by Gasteiger charge is 2.23. The number of amides is 1. The van der Waals surface area contributed by atoms with E-state index < -0.39 is 0 Å². The van der Waals surface area contributed by atoms with E-state index in [0.29, 0.717) is 31.1 Å². The number of rotatable bonds is 7. The minimum atomic E-state index is -0.371. The molecule has 1 fully saturated rings. The highest BCUT2D eigenvalue weighted by atomic mass is 127. The van der Waals surface area contributed by atoms with Crippen LogP contribution in [0.2, 0.25) is 0 Å². The van der Waals surface area contributed by atoms with E-state index in [2.05, 4.69) is 20.5 Å². The number of carbonyl (C=O) groups excluding carboxylic acids is 1. The molecule has 0 spiro atoms. The molecule has 1 aliphatic heterocycles. The fourth-order valence-electron chi connectivity index (χ4n) is 3.76. The topological polar surface area (TPSA) is 66.0 Å². The lowest BCUT2D eigenvalue weighted by Gasteiger charge is -2.34. The molecule has 32 heavy (non-hydrogen) atoms. The van der Waals surface area contributed by atoms with Crippen LogP contribution in [0, 0.1) is 11.7 Å². The molecule has 2 N–H and O–H groups in total. The molecular formula is C24H32FIN4O2. The second-order valence-electron chi connectivity index (χ2n) is 7.71. The van der Waals surface area contributed by atoms with Gasteiger partial charge in [-0.25, -0.2) is 4.39 Å². The largest absolute Gasteiger partial charge is 0.454 e. The Labute approximate surface area is 206 Å². The first-order valence-corrected chi connectivity index (χ1v) is 10.8. The number of aliphatic imine (C=N–C) groups is 1. The molecule has 0 aliphatic carbocycles. The van der Waals surface area contributed by atoms with Crippen LogP contribution in [-0.2, 0) is 11.2 Å². The van der Waals surface area contributed by atoms with E-state index in [1.54, 1.807) is 32.3 Å². The Kier molecular flexibility index (Phi) is 10.7. The van der Waals surface area contributed by atoms with Crippen molar-refractivity contribution in [2.45, 2.75) is 25.7 Å². The average molecular weight is 554 g/mol. The molecule has 2 aromatic rings. The monoisotopic (exact) mass is 554 g/mol. The van der Waals surface area contributed by atoms with Crippen LogP contribution >= 0.6 is 24.0 Å². The van der Waals surface area contributed by atoms with Gasteiger partial charge in [-0.15, -0.1) is 24.0 Å². The van der Waals surface area contributed by atoms with E-state index in [4.69, 9.17) is 4.74 Å². The van der Waals surface area contributed by atoms with Gasteiger partial charge in [0.15, 0.2) is 17.5 Å². The Morgan fingerprint density at radius 2 is 1.91 bits per heavy atom. The van der Waals surface area contributed by atoms with Crippen molar-refractivity contribution in [1.29, 1.82) is 0 Å². The molecule has 0 saturated carbocycles. The quantitative estimate of drug-likeness (QED) is 0.306. The van der Waals surface area contributed by atoms with Crippen LogP contribution in [0.15, 0.2) is 53.5 Å². The predicted molar refractivity (Wildman–Crippen MR) is 136 cm³/mol. The number of halogens is 2. The molecule has 6 nitrogen and oxygen atoms in total. The van der Waals surface area contributed by atoms with Crippen molar-refractivity contribution in [3.63, 3.8) is 0 Å². The Hall–Kier alpha value is -2.36. The Morgan fingerprint density at radius 3 is 2.53 bits per heavy atom. The van der Waals surface area contributed by atoms with Gasteiger partial charge in [0.2, 0.25) is 5.91 Å². The highest BCUT2D eigenvalue weighted by Crippen LogP contribution is 2.25. The van der Waals surface area contributed by atoms with Crippen molar-refractivity contribution in [3.8, 4) is 11.5 Å². The molecule has 1 aliphatic rings. The van der Waals surface area contributed by atoms with Crippen LogP contribution in [0.5, 0.6) is 11.5 Å². The van der Waals surface area contributed by atoms with Crippen LogP contribution in [0.1, 0.15) is 24.8 Å². The second-order valence-corrected chi connectivity index (χ2v) is 7.71. The number of nitrogens with one attached hydrogen (secondary N) is 2. The molecule has 3 rings (SSSR count). The van der Waals surface area contributed by atoms with E-state index in [1.165, 1.54) is 6.07 Å². The Bertz CT molecular complexity index is 887. The number of hydrogen-bond acceptors (Lipinski definition) is 3. The smallest absolute Gasteiger partial charge is 0.220 e. The van der Waals surface area contributed by atoms with Gasteiger partial charge in [0.05, 0.1) is 0 Å². The van der Waals surface area contributed by atoms with Gasteiger partial charge in [0, 0.05) is 40.2 Å². The third kappa shape index (κ3) is 7.65. The summed E-state index contributed by atoms with van der Waals surface area (Å²) < 4.78 is 20.0. The SMILES string of the molecule is CN=C(NCCc1ccc(Oc2ccccc2)c(F)c1)N1CCC(CC(=O)NC)CC1.I. The van der Waals surface area contributed by atoms with Crippen molar-refractivity contribution < 1.29 is 13.9 Å². The minimum Gasteiger partial charge on any atom is -0.454 e. The lowest BCUT2D eigenvalue weighted by Crippen LogP contribution is -2.46. The number of hydrogen-bond donors (Lipinski definition) is 2. The maximum Gasteiger partial charge on any atom is 0.220 e. The maximum atomic E-state index is 14.4. The summed E-state index contributed by atoms with van der Waals surface area (Å²) in [7, 11) is 3.45. The summed E-state index contributed by atoms with van der Waals surface area (Å²) in [6, 6.07) is 14.3. The van der Waals surface area contributed by atoms with Crippen LogP contribution < -0.4 is 15.4 Å². The predicted octanol–water partition coefficient (Wildman–Crippen LogP) is 4.20. The molecule has 0 unspecified atom stereocenters. The van der Waals surface area contributed by atoms with Gasteiger partial charge in [-0.3, -0.25) is 9.79 Å². The summed E-state index contributed by atoms with van der Waals surface area (Å²) in [4.78, 5) is 18.2. The lowest BCUT2D eigenvalue weighted by molar-refractivity contribution is -0.121. The minimum absolute atomic E-state index is 0. The number of nitrogens with zero attached hydrogens (tertiary/aromatic N) is 2. The van der Waals surface area contributed by atoms with E-state index >= 15 is 0 Å². The van der Waals surface area contributed by atoms with Crippen LogP contribution in [0.4, 0.5) is 4.39 Å². The zero-order valence-electron chi connectivity index (χ0n) is 18.6. The van der Waals surface area contributed by atoms with Crippen molar-refractivity contribution in [1.82, 2.24) is 15.5 Å². The maximum absolute atomic E-state index is 14.4. The number of benzene rings is 2. The normalized spacial score (nSPS) is 14.5. The number of piperidine rings is 1. The molecule has 8 heteroatoms. The van der Waals surface area contributed by atoms with Gasteiger partial charge in [0.1, 0.15) is 5.75 Å². The molecule has 1 amide bonds. The summed E-state index contributed by atoms with van der Waals surface area (Å²) in [6.07, 6.45) is 3.21. The first-order chi connectivity index (χ1) is 15.1. The standard InChI is InChI=1S/C24H31FN4O2.HI/c1-26-23(30)17-19-11-14-29(15-12-19)24(27-2)28-13-10-18-8-9-22(21(25)16-18)31-20-6-4-3-5-7-20;/h3-9,16,19H,10-15,17H2,1-2H3,(H,26,30)(H,27,28);1H. The number of para-hydroxylation sites is 1. The summed E-state index contributed by atoms with van der Waals surface area (Å²) >= 11 is 0. The molecule has 174 valence electrons. The van der Waals surface area contributed by atoms with Crippen LogP contribution in [-0.4, -0.2) is 50.5 Å². The zero-order valence-corrected chi connectivity index (χ0v) is 21.0. The fourth-order valence-corrected chi connectivity index (χ4v) is 3.76. The second kappa shape index (κ2) is 13.2. The summed E-state index contributed by atoms with van der Waals surface area (Å²) in [5, 5.41) is 6.07. The molecule has 2 aromatic carbocycles. The first-order valence-electron chi connectivity index (χ1n) is 10.8. The summed E-state index contributed by atoms with van der Waals surface area (Å²) in [5.74, 6) is 1.84. The van der Waals surface area contributed by atoms with Crippen LogP contribution in [0.25, 0.3) is 0 Å². The van der Waals surface area contributed by atoms with E-state index in [0.717, 1.165) is 37.5 Å². The molecule has 0 aromatic heterocycles. The molecule has 0 bridgehead atoms. The first kappa shape index (κ1) is 25.9. The summed E-state index contributed by atoms with van der Waals surface area (Å²) in [5.41, 5.74) is 0.894. The third-order valence-electron chi connectivity index (χ3n) is 5.54. The van der Waals surface area contributed by atoms with E-state index in [9.17, 15) is 9.18 Å². The van der Waals surface area contributed by atoms with E-state index in [1.807, 2.05) is 24.3 Å². The van der Waals surface area contributed by atoms with Gasteiger partial charge in [0.25, 0.3) is 0 Å². The third-order valence-corrected chi connectivity index (χ3v) is 5.54. The molecule has 1 heterocycles. The van der Waals surface area contributed by atoms with Gasteiger partial charge >= 0.3 is 0 Å². The fraction of sp³-hybridized carbons (Fsp3) is 0.417. The average Bonchev–Trinajstić information content (AvgIpc) is 2.80. The Morgan fingerprint density at radius 1 is 1.19 bits per heavy atom. The van der Waals surface area contributed by atoms with Crippen LogP contribution in [0.3, 0.4) is 0 Å². The number of guanidine groups is 1. The molecule has 0 radical (unpaired) electrons. The Balaban J connectivity index is 0.00000363. The van der Waals surface area contributed by atoms with Crippen molar-refractivity contribution in [3.05, 3.63) is 59.9 Å². The number of carbonyl (C=O) groups is 1. The summed E-state index contributed by atoms with van der Waals surface area (Å²) in [6.45, 7) is 2.41. The van der Waals surface area contributed by atoms with Gasteiger partial charge in [-0.1, -0.05) is 24.3 Å². The number of ether oxygens (including phenoxy) is 1. The highest BCUT2D eigenvalue weighted by molar-refractivity contribution is 14.0. The van der Waals surface area contributed by atoms with Gasteiger partial charge in [-0.05, 0) is 55.0 Å². The van der Waals surface area contributed by atoms with Crippen molar-refractivity contribution >= 4 is 35.8 Å². The molecule has 1 saturated heterocycles. The van der Waals surface area contributed by atoms with Gasteiger partial charge < -0.3 is 20.3 Å². The van der Waals surface area contributed by atoms with Crippen molar-refractivity contribution in [2.75, 3.05) is 33.7 Å².